The molecule has 0 saturated carbocycles. The molecule has 2 aromatic rings. The van der Waals surface area contributed by atoms with Crippen molar-refractivity contribution in [3.63, 3.8) is 0 Å². The molecule has 1 heterocycles. The van der Waals surface area contributed by atoms with Crippen LogP contribution in [0.1, 0.15) is 5.56 Å². The van der Waals surface area contributed by atoms with Gasteiger partial charge in [0, 0.05) is 34.3 Å². The molecule has 0 unspecified atom stereocenters. The van der Waals surface area contributed by atoms with Crippen molar-refractivity contribution in [1.29, 1.82) is 0 Å². The highest BCUT2D eigenvalue weighted by Gasteiger charge is 2.07. The summed E-state index contributed by atoms with van der Waals surface area (Å²) in [5.41, 5.74) is 3.78. The van der Waals surface area contributed by atoms with E-state index >= 15 is 0 Å². The lowest BCUT2D eigenvalue weighted by Crippen LogP contribution is -2.17. The predicted octanol–water partition coefficient (Wildman–Crippen LogP) is 1.76. The molecule has 2 rings (SSSR count). The molecule has 0 aliphatic heterocycles. The van der Waals surface area contributed by atoms with Crippen molar-refractivity contribution in [3.8, 4) is 5.75 Å². The molecule has 116 valence electrons. The van der Waals surface area contributed by atoms with Gasteiger partial charge in [0.15, 0.2) is 5.82 Å². The highest BCUT2D eigenvalue weighted by molar-refractivity contribution is 5.80. The molecular weight excluding hydrogens is 280 g/mol. The summed E-state index contributed by atoms with van der Waals surface area (Å²) < 4.78 is 0. The van der Waals surface area contributed by atoms with E-state index in [2.05, 4.69) is 20.5 Å². The Bertz CT molecular complexity index is 625. The summed E-state index contributed by atoms with van der Waals surface area (Å²) in [6, 6.07) is 8.59. The average molecular weight is 300 g/mol. The van der Waals surface area contributed by atoms with Gasteiger partial charge in [-0.25, -0.2) is 0 Å². The first-order valence-electron chi connectivity index (χ1n) is 6.77. The van der Waals surface area contributed by atoms with Crippen molar-refractivity contribution in [2.45, 2.75) is 0 Å². The minimum absolute atomic E-state index is 0.229. The second kappa shape index (κ2) is 6.75. The largest absolute Gasteiger partial charge is 0.508 e. The highest BCUT2D eigenvalue weighted by atomic mass is 16.3. The lowest BCUT2D eigenvalue weighted by atomic mass is 10.2. The van der Waals surface area contributed by atoms with Crippen LogP contribution in [-0.4, -0.2) is 49.5 Å². The molecule has 0 aliphatic rings. The Morgan fingerprint density at radius 2 is 1.73 bits per heavy atom. The lowest BCUT2D eigenvalue weighted by molar-refractivity contribution is 0.475. The smallest absolute Gasteiger partial charge is 0.228 e. The van der Waals surface area contributed by atoms with Crippen LogP contribution < -0.4 is 15.2 Å². The fourth-order valence-corrected chi connectivity index (χ4v) is 1.64. The average Bonchev–Trinajstić information content (AvgIpc) is 2.49. The Morgan fingerprint density at radius 1 is 1.05 bits per heavy atom. The standard InChI is InChI=1S/C15H20N6O/c1-20(2)14-9-13(17-15(18-14)21(3)4)19-16-10-11-5-7-12(22)8-6-11/h5-10,22H,1-4H3,(H,17,18,19)/b16-10+. The minimum atomic E-state index is 0.229. The molecule has 0 saturated heterocycles. The SMILES string of the molecule is CN(C)c1cc(N/N=C/c2ccc(O)cc2)nc(N(C)C)n1. The van der Waals surface area contributed by atoms with Gasteiger partial charge in [0.1, 0.15) is 11.6 Å². The molecule has 0 spiro atoms. The van der Waals surface area contributed by atoms with Crippen LogP contribution in [0.25, 0.3) is 0 Å². The van der Waals surface area contributed by atoms with Gasteiger partial charge in [0.25, 0.3) is 0 Å². The van der Waals surface area contributed by atoms with E-state index in [1.165, 1.54) is 0 Å². The van der Waals surface area contributed by atoms with Gasteiger partial charge >= 0.3 is 0 Å². The second-order valence-electron chi connectivity index (χ2n) is 5.16. The van der Waals surface area contributed by atoms with Crippen LogP contribution in [0.4, 0.5) is 17.6 Å². The summed E-state index contributed by atoms with van der Waals surface area (Å²) in [4.78, 5) is 12.6. The summed E-state index contributed by atoms with van der Waals surface area (Å²) in [6.45, 7) is 0. The normalized spacial score (nSPS) is 10.7. The number of nitrogens with zero attached hydrogens (tertiary/aromatic N) is 5. The molecule has 0 radical (unpaired) electrons. The zero-order valence-electron chi connectivity index (χ0n) is 13.1. The number of benzene rings is 1. The third-order valence-electron chi connectivity index (χ3n) is 2.84. The van der Waals surface area contributed by atoms with E-state index < -0.39 is 0 Å². The first-order chi connectivity index (χ1) is 10.5. The van der Waals surface area contributed by atoms with E-state index in [9.17, 15) is 5.11 Å². The van der Waals surface area contributed by atoms with E-state index in [0.29, 0.717) is 11.8 Å². The van der Waals surface area contributed by atoms with Crippen molar-refractivity contribution >= 4 is 23.8 Å². The van der Waals surface area contributed by atoms with Gasteiger partial charge in [-0.15, -0.1) is 0 Å². The number of hydrogen-bond donors (Lipinski definition) is 2. The van der Waals surface area contributed by atoms with E-state index in [1.54, 1.807) is 30.5 Å². The number of phenols is 1. The molecule has 7 heteroatoms. The number of aromatic hydroxyl groups is 1. The van der Waals surface area contributed by atoms with Crippen LogP contribution in [0, 0.1) is 0 Å². The first kappa shape index (κ1) is 15.6. The van der Waals surface area contributed by atoms with Crippen LogP contribution >= 0.6 is 0 Å². The summed E-state index contributed by atoms with van der Waals surface area (Å²) in [6.07, 6.45) is 1.66. The van der Waals surface area contributed by atoms with E-state index in [0.717, 1.165) is 11.4 Å². The number of rotatable bonds is 5. The fraction of sp³-hybridized carbons (Fsp3) is 0.267. The molecule has 0 aliphatic carbocycles. The van der Waals surface area contributed by atoms with Gasteiger partial charge in [-0.3, -0.25) is 5.43 Å². The van der Waals surface area contributed by atoms with Crippen molar-refractivity contribution in [2.75, 3.05) is 43.4 Å². The number of aromatic nitrogens is 2. The molecule has 2 N–H and O–H groups in total. The lowest BCUT2D eigenvalue weighted by Gasteiger charge is -2.16. The molecule has 0 bridgehead atoms. The Labute approximate surface area is 129 Å². The molecule has 7 nitrogen and oxygen atoms in total. The molecule has 0 fully saturated rings. The summed E-state index contributed by atoms with van der Waals surface area (Å²) in [5.74, 6) is 2.24. The van der Waals surface area contributed by atoms with Crippen molar-refractivity contribution in [3.05, 3.63) is 35.9 Å². The number of anilines is 3. The summed E-state index contributed by atoms with van der Waals surface area (Å²) >= 11 is 0. The van der Waals surface area contributed by atoms with E-state index in [4.69, 9.17) is 0 Å². The van der Waals surface area contributed by atoms with Crippen LogP contribution in [0.5, 0.6) is 5.75 Å². The molecule has 0 amide bonds. The maximum absolute atomic E-state index is 9.24. The molecule has 22 heavy (non-hydrogen) atoms. The van der Waals surface area contributed by atoms with Crippen LogP contribution in [0.3, 0.4) is 0 Å². The fourth-order valence-electron chi connectivity index (χ4n) is 1.64. The predicted molar refractivity (Wildman–Crippen MR) is 90.0 cm³/mol. The zero-order valence-corrected chi connectivity index (χ0v) is 13.1. The summed E-state index contributed by atoms with van der Waals surface area (Å²) in [5, 5.41) is 13.4. The van der Waals surface area contributed by atoms with Crippen molar-refractivity contribution < 1.29 is 5.11 Å². The first-order valence-corrected chi connectivity index (χ1v) is 6.77. The monoisotopic (exact) mass is 300 g/mol. The maximum Gasteiger partial charge on any atom is 0.228 e. The van der Waals surface area contributed by atoms with Gasteiger partial charge in [-0.05, 0) is 29.8 Å². The van der Waals surface area contributed by atoms with Crippen molar-refractivity contribution in [2.24, 2.45) is 5.10 Å². The van der Waals surface area contributed by atoms with E-state index in [1.807, 2.05) is 44.1 Å². The number of hydrazone groups is 1. The Morgan fingerprint density at radius 3 is 2.32 bits per heavy atom. The molecule has 1 aromatic carbocycles. The highest BCUT2D eigenvalue weighted by Crippen LogP contribution is 2.17. The third-order valence-corrected chi connectivity index (χ3v) is 2.84. The summed E-state index contributed by atoms with van der Waals surface area (Å²) in [7, 11) is 7.62. The van der Waals surface area contributed by atoms with Crippen molar-refractivity contribution in [1.82, 2.24) is 9.97 Å². The Kier molecular flexibility index (Phi) is 4.77. The number of nitrogens with one attached hydrogen (secondary N) is 1. The van der Waals surface area contributed by atoms with Gasteiger partial charge in [0.2, 0.25) is 5.95 Å². The Hall–Kier alpha value is -2.83. The number of hydrogen-bond acceptors (Lipinski definition) is 7. The van der Waals surface area contributed by atoms with Crippen LogP contribution in [0.15, 0.2) is 35.4 Å². The topological polar surface area (TPSA) is 76.9 Å². The minimum Gasteiger partial charge on any atom is -0.508 e. The zero-order chi connectivity index (χ0) is 16.1. The molecule has 1 aromatic heterocycles. The number of phenolic OH excluding ortho intramolecular Hbond substituents is 1. The molecular formula is C15H20N6O. The second-order valence-corrected chi connectivity index (χ2v) is 5.16. The van der Waals surface area contributed by atoms with Crippen LogP contribution in [0.2, 0.25) is 0 Å². The van der Waals surface area contributed by atoms with Crippen LogP contribution in [-0.2, 0) is 0 Å². The van der Waals surface area contributed by atoms with E-state index in [-0.39, 0.29) is 5.75 Å². The van der Waals surface area contributed by atoms with Gasteiger partial charge in [0.05, 0.1) is 6.21 Å². The third kappa shape index (κ3) is 4.08. The maximum atomic E-state index is 9.24. The molecule has 0 atom stereocenters. The Balaban J connectivity index is 2.16. The van der Waals surface area contributed by atoms with Gasteiger partial charge in [-0.2, -0.15) is 15.1 Å². The van der Waals surface area contributed by atoms with Gasteiger partial charge < -0.3 is 14.9 Å². The quantitative estimate of drug-likeness (QED) is 0.647. The van der Waals surface area contributed by atoms with Gasteiger partial charge in [-0.1, -0.05) is 0 Å².